The van der Waals surface area contributed by atoms with Gasteiger partial charge in [-0.3, -0.25) is 19.2 Å². The molecular formula is C45H55FN4O5. The third kappa shape index (κ3) is 7.20. The van der Waals surface area contributed by atoms with Crippen molar-refractivity contribution in [3.05, 3.63) is 87.6 Å². The Morgan fingerprint density at radius 3 is 2.51 bits per heavy atom. The lowest BCUT2D eigenvalue weighted by molar-refractivity contribution is -0.133. The second kappa shape index (κ2) is 15.4. The average molecular weight is 751 g/mol. The van der Waals surface area contributed by atoms with Crippen LogP contribution in [0.15, 0.2) is 59.4 Å². The number of rotatable bonds is 10. The molecule has 10 heteroatoms. The average Bonchev–Trinajstić information content (AvgIpc) is 3.54. The Balaban J connectivity index is 0.764. The predicted octanol–water partition coefficient (Wildman–Crippen LogP) is 7.27. The van der Waals surface area contributed by atoms with Gasteiger partial charge in [-0.15, -0.1) is 0 Å². The number of ether oxygens (including phenoxy) is 1. The second-order valence-electron chi connectivity index (χ2n) is 17.5. The van der Waals surface area contributed by atoms with Crippen molar-refractivity contribution in [2.24, 2.45) is 34.5 Å². The molecule has 2 heterocycles. The zero-order valence-corrected chi connectivity index (χ0v) is 32.4. The maximum atomic E-state index is 15.0. The quantitative estimate of drug-likeness (QED) is 0.218. The SMILES string of the molecule is C[C@]12C=CC(=O)C[C@@H]1CC[C@@H]1[C@@H]2CC[C@]2(C)[C@@H](OCCCCCC(=O)N3CCN(C(=O)c4cc(Cc5n[nH]c(=O)c6ccccc56)ccc4F)CC3)CC[C@@H]12. The molecule has 1 aromatic heterocycles. The highest BCUT2D eigenvalue weighted by molar-refractivity contribution is 5.95. The molecule has 4 aliphatic carbocycles. The summed E-state index contributed by atoms with van der Waals surface area (Å²) in [6.07, 6.45) is 15.9. The standard InChI is InChI=1S/C45H55FN4O5/c1-44-19-17-31(51)28-30(44)12-13-34-36-14-16-40(45(36,2)20-18-37(34)44)55-25-7-3-4-10-41(52)49-21-23-50(24-22-49)43(54)35-26-29(11-15-38(35)46)27-39-32-8-5-6-9-33(32)42(53)48-47-39/h5-6,8-9,11,15,17,19,26,30,34,36-37,40H,3-4,7,10,12-14,16,18,20-25,27-28H2,1-2H3,(H,48,53)/t30-,34-,36-,37-,40-,44-,45-/m0/s1. The topological polar surface area (TPSA) is 113 Å². The van der Waals surface area contributed by atoms with Crippen LogP contribution < -0.4 is 5.56 Å². The van der Waals surface area contributed by atoms with E-state index in [4.69, 9.17) is 4.74 Å². The smallest absolute Gasteiger partial charge is 0.272 e. The number of unbranched alkanes of at least 4 members (excludes halogenated alkanes) is 2. The van der Waals surface area contributed by atoms with Gasteiger partial charge in [0.05, 0.1) is 22.7 Å². The van der Waals surface area contributed by atoms with E-state index in [-0.39, 0.29) is 33.8 Å². The summed E-state index contributed by atoms with van der Waals surface area (Å²) >= 11 is 0. The molecule has 8 rings (SSSR count). The Hall–Kier alpha value is -4.18. The largest absolute Gasteiger partial charge is 0.378 e. The summed E-state index contributed by atoms with van der Waals surface area (Å²) in [5, 5.41) is 8.01. The van der Waals surface area contributed by atoms with Gasteiger partial charge >= 0.3 is 0 Å². The summed E-state index contributed by atoms with van der Waals surface area (Å²) < 4.78 is 21.6. The molecule has 1 N–H and O–H groups in total. The van der Waals surface area contributed by atoms with Crippen LogP contribution in [0.3, 0.4) is 0 Å². The van der Waals surface area contributed by atoms with Crippen molar-refractivity contribution in [2.45, 2.75) is 97.0 Å². The number of aromatic nitrogens is 2. The van der Waals surface area contributed by atoms with Crippen molar-refractivity contribution in [2.75, 3.05) is 32.8 Å². The van der Waals surface area contributed by atoms with Crippen molar-refractivity contribution in [1.82, 2.24) is 20.0 Å². The van der Waals surface area contributed by atoms with Gasteiger partial charge in [-0.05, 0) is 116 Å². The number of carbonyl (C=O) groups excluding carboxylic acids is 3. The van der Waals surface area contributed by atoms with Crippen LogP contribution >= 0.6 is 0 Å². The van der Waals surface area contributed by atoms with Crippen molar-refractivity contribution < 1.29 is 23.5 Å². The number of hydrogen-bond donors (Lipinski definition) is 1. The fourth-order valence-corrected chi connectivity index (χ4v) is 11.5. The molecule has 4 fully saturated rings. The monoisotopic (exact) mass is 750 g/mol. The van der Waals surface area contributed by atoms with E-state index in [9.17, 15) is 23.6 Å². The van der Waals surface area contributed by atoms with Crippen molar-refractivity contribution in [3.8, 4) is 0 Å². The van der Waals surface area contributed by atoms with Gasteiger partial charge in [0.1, 0.15) is 5.82 Å². The van der Waals surface area contributed by atoms with E-state index in [1.165, 1.54) is 38.2 Å². The first-order chi connectivity index (χ1) is 26.5. The zero-order chi connectivity index (χ0) is 38.3. The maximum Gasteiger partial charge on any atom is 0.272 e. The molecule has 55 heavy (non-hydrogen) atoms. The first-order valence-corrected chi connectivity index (χ1v) is 20.7. The third-order valence-corrected chi connectivity index (χ3v) is 14.6. The first kappa shape index (κ1) is 37.7. The van der Waals surface area contributed by atoms with Crippen molar-refractivity contribution in [3.63, 3.8) is 0 Å². The van der Waals surface area contributed by atoms with Gasteiger partial charge < -0.3 is 14.5 Å². The van der Waals surface area contributed by atoms with Crippen molar-refractivity contribution in [1.29, 1.82) is 0 Å². The molecule has 9 nitrogen and oxygen atoms in total. The minimum atomic E-state index is -0.585. The van der Waals surface area contributed by atoms with E-state index in [0.29, 0.717) is 85.3 Å². The second-order valence-corrected chi connectivity index (χ2v) is 17.5. The number of H-pyrrole nitrogens is 1. The van der Waals surface area contributed by atoms with Gasteiger partial charge in [-0.2, -0.15) is 5.10 Å². The maximum absolute atomic E-state index is 15.0. The molecule has 0 bridgehead atoms. The molecule has 1 saturated heterocycles. The van der Waals surface area contributed by atoms with Crippen LogP contribution in [0.1, 0.15) is 106 Å². The lowest BCUT2D eigenvalue weighted by atomic mass is 9.46. The van der Waals surface area contributed by atoms with Crippen LogP contribution in [0.4, 0.5) is 4.39 Å². The number of fused-ring (bicyclic) bond motifs is 6. The first-order valence-electron chi connectivity index (χ1n) is 20.7. The molecule has 3 aromatic rings. The molecule has 1 aliphatic heterocycles. The number of aromatic amines is 1. The number of ketones is 1. The molecule has 7 atom stereocenters. The summed E-state index contributed by atoms with van der Waals surface area (Å²) in [6, 6.07) is 11.7. The van der Waals surface area contributed by atoms with E-state index in [0.717, 1.165) is 50.0 Å². The molecule has 0 unspecified atom stereocenters. The molecule has 2 aromatic carbocycles. The Labute approximate surface area is 323 Å². The highest BCUT2D eigenvalue weighted by atomic mass is 19.1. The van der Waals surface area contributed by atoms with E-state index >= 15 is 0 Å². The minimum Gasteiger partial charge on any atom is -0.378 e. The third-order valence-electron chi connectivity index (χ3n) is 14.6. The molecule has 292 valence electrons. The normalized spacial score (nSPS) is 30.2. The number of amides is 2. The Kier molecular flexibility index (Phi) is 10.6. The highest BCUT2D eigenvalue weighted by Crippen LogP contribution is 2.65. The lowest BCUT2D eigenvalue weighted by Crippen LogP contribution is -2.53. The number of hydrogen-bond acceptors (Lipinski definition) is 6. The summed E-state index contributed by atoms with van der Waals surface area (Å²) in [5.41, 5.74) is 1.47. The molecule has 3 saturated carbocycles. The lowest BCUT2D eigenvalue weighted by Gasteiger charge is -2.58. The van der Waals surface area contributed by atoms with Crippen LogP contribution in [0.2, 0.25) is 0 Å². The number of carbonyl (C=O) groups is 3. The number of benzene rings is 2. The Bertz CT molecular complexity index is 2040. The van der Waals surface area contributed by atoms with Gasteiger partial charge in [0.15, 0.2) is 5.78 Å². The van der Waals surface area contributed by atoms with Gasteiger partial charge in [-0.1, -0.05) is 50.6 Å². The van der Waals surface area contributed by atoms with E-state index in [1.807, 2.05) is 23.1 Å². The zero-order valence-electron chi connectivity index (χ0n) is 32.4. The number of allylic oxidation sites excluding steroid dienone is 2. The fourth-order valence-electron chi connectivity index (χ4n) is 11.5. The summed E-state index contributed by atoms with van der Waals surface area (Å²) in [5.74, 6) is 2.04. The molecule has 5 aliphatic rings. The summed E-state index contributed by atoms with van der Waals surface area (Å²) in [6.45, 7) is 7.21. The summed E-state index contributed by atoms with van der Waals surface area (Å²) in [7, 11) is 0. The number of piperazine rings is 1. The van der Waals surface area contributed by atoms with E-state index in [1.54, 1.807) is 29.2 Å². The Morgan fingerprint density at radius 1 is 0.909 bits per heavy atom. The highest BCUT2D eigenvalue weighted by Gasteiger charge is 2.59. The summed E-state index contributed by atoms with van der Waals surface area (Å²) in [4.78, 5) is 54.4. The van der Waals surface area contributed by atoms with Crippen LogP contribution in [0.25, 0.3) is 10.8 Å². The van der Waals surface area contributed by atoms with E-state index in [2.05, 4.69) is 30.1 Å². The minimum absolute atomic E-state index is 0.000105. The van der Waals surface area contributed by atoms with Gasteiger partial charge in [0.2, 0.25) is 5.91 Å². The van der Waals surface area contributed by atoms with Gasteiger partial charge in [-0.25, -0.2) is 9.49 Å². The van der Waals surface area contributed by atoms with Gasteiger partial charge in [0, 0.05) is 57.4 Å². The van der Waals surface area contributed by atoms with Crippen LogP contribution in [0, 0.1) is 40.3 Å². The Morgan fingerprint density at radius 2 is 1.69 bits per heavy atom. The molecule has 0 radical (unpaired) electrons. The van der Waals surface area contributed by atoms with Crippen molar-refractivity contribution >= 4 is 28.4 Å². The van der Waals surface area contributed by atoms with E-state index < -0.39 is 5.82 Å². The van der Waals surface area contributed by atoms with Crippen LogP contribution in [-0.2, 0) is 20.7 Å². The molecule has 0 spiro atoms. The molecule has 2 amide bonds. The van der Waals surface area contributed by atoms with Gasteiger partial charge in [0.25, 0.3) is 11.5 Å². The fraction of sp³-hybridized carbons (Fsp3) is 0.578. The van der Waals surface area contributed by atoms with Crippen LogP contribution in [0.5, 0.6) is 0 Å². The number of nitrogens with zero attached hydrogens (tertiary/aromatic N) is 3. The number of halogens is 1. The number of nitrogens with one attached hydrogen (secondary N) is 1. The van der Waals surface area contributed by atoms with Crippen LogP contribution in [-0.4, -0.2) is 76.5 Å². The molecular weight excluding hydrogens is 696 g/mol. The predicted molar refractivity (Wildman–Crippen MR) is 209 cm³/mol.